The molecular formula is C17H19N3O5. The Morgan fingerprint density at radius 1 is 1.16 bits per heavy atom. The SMILES string of the molecule is COc1cccc(CNC(=O)CNc2cc([N+](=O)[O-])ccc2OC)c1. The summed E-state index contributed by atoms with van der Waals surface area (Å²) in [5.74, 6) is 0.883. The maximum absolute atomic E-state index is 12.0. The van der Waals surface area contributed by atoms with E-state index < -0.39 is 4.92 Å². The van der Waals surface area contributed by atoms with Gasteiger partial charge in [-0.15, -0.1) is 0 Å². The zero-order valence-corrected chi connectivity index (χ0v) is 13.9. The number of amides is 1. The summed E-state index contributed by atoms with van der Waals surface area (Å²) < 4.78 is 10.3. The zero-order valence-electron chi connectivity index (χ0n) is 13.9. The number of ether oxygens (including phenoxy) is 2. The van der Waals surface area contributed by atoms with Crippen molar-refractivity contribution in [1.29, 1.82) is 0 Å². The maximum atomic E-state index is 12.0. The third-order valence-corrected chi connectivity index (χ3v) is 3.46. The molecule has 0 spiro atoms. The lowest BCUT2D eigenvalue weighted by Gasteiger charge is -2.11. The van der Waals surface area contributed by atoms with Crippen LogP contribution in [0.5, 0.6) is 11.5 Å². The summed E-state index contributed by atoms with van der Waals surface area (Å²) in [6, 6.07) is 11.5. The highest BCUT2D eigenvalue weighted by molar-refractivity contribution is 5.81. The minimum absolute atomic E-state index is 0.0402. The molecule has 1 amide bonds. The van der Waals surface area contributed by atoms with E-state index in [1.165, 1.54) is 25.3 Å². The van der Waals surface area contributed by atoms with Gasteiger partial charge >= 0.3 is 0 Å². The number of carbonyl (C=O) groups excluding carboxylic acids is 1. The Bertz CT molecular complexity index is 764. The van der Waals surface area contributed by atoms with Gasteiger partial charge in [0, 0.05) is 18.7 Å². The van der Waals surface area contributed by atoms with Crippen LogP contribution in [-0.4, -0.2) is 31.6 Å². The Morgan fingerprint density at radius 3 is 2.64 bits per heavy atom. The van der Waals surface area contributed by atoms with Crippen LogP contribution in [0.15, 0.2) is 42.5 Å². The van der Waals surface area contributed by atoms with Crippen molar-refractivity contribution < 1.29 is 19.2 Å². The molecule has 0 aliphatic heterocycles. The third kappa shape index (κ3) is 5.10. The molecule has 0 aliphatic carbocycles. The van der Waals surface area contributed by atoms with Gasteiger partial charge in [0.25, 0.3) is 5.69 Å². The van der Waals surface area contributed by atoms with E-state index in [9.17, 15) is 14.9 Å². The lowest BCUT2D eigenvalue weighted by molar-refractivity contribution is -0.384. The summed E-state index contributed by atoms with van der Waals surface area (Å²) in [6.45, 7) is 0.311. The van der Waals surface area contributed by atoms with Gasteiger partial charge in [-0.1, -0.05) is 12.1 Å². The number of non-ortho nitro benzene ring substituents is 1. The lowest BCUT2D eigenvalue weighted by Crippen LogP contribution is -2.29. The van der Waals surface area contributed by atoms with Crippen LogP contribution in [0.4, 0.5) is 11.4 Å². The molecule has 2 N–H and O–H groups in total. The number of benzene rings is 2. The molecule has 0 unspecified atom stereocenters. The second kappa shape index (κ2) is 8.53. The van der Waals surface area contributed by atoms with Crippen molar-refractivity contribution >= 4 is 17.3 Å². The molecule has 0 radical (unpaired) electrons. The van der Waals surface area contributed by atoms with Gasteiger partial charge in [-0.3, -0.25) is 14.9 Å². The number of carbonyl (C=O) groups is 1. The van der Waals surface area contributed by atoms with Crippen molar-refractivity contribution in [2.45, 2.75) is 6.54 Å². The molecule has 132 valence electrons. The van der Waals surface area contributed by atoms with Crippen molar-refractivity contribution in [1.82, 2.24) is 5.32 Å². The monoisotopic (exact) mass is 345 g/mol. The fraction of sp³-hybridized carbons (Fsp3) is 0.235. The van der Waals surface area contributed by atoms with E-state index in [2.05, 4.69) is 10.6 Å². The molecule has 0 saturated carbocycles. The van der Waals surface area contributed by atoms with E-state index in [4.69, 9.17) is 9.47 Å². The van der Waals surface area contributed by atoms with E-state index in [-0.39, 0.29) is 18.1 Å². The summed E-state index contributed by atoms with van der Waals surface area (Å²) in [5.41, 5.74) is 1.20. The Balaban J connectivity index is 1.93. The Labute approximate surface area is 144 Å². The van der Waals surface area contributed by atoms with E-state index >= 15 is 0 Å². The minimum Gasteiger partial charge on any atom is -0.497 e. The summed E-state index contributed by atoms with van der Waals surface area (Å²) in [7, 11) is 3.03. The molecule has 0 fully saturated rings. The average molecular weight is 345 g/mol. The van der Waals surface area contributed by atoms with Gasteiger partial charge in [-0.25, -0.2) is 0 Å². The number of hydrogen-bond acceptors (Lipinski definition) is 6. The van der Waals surface area contributed by atoms with Crippen LogP contribution < -0.4 is 20.1 Å². The van der Waals surface area contributed by atoms with Crippen LogP contribution in [0.1, 0.15) is 5.56 Å². The quantitative estimate of drug-likeness (QED) is 0.562. The first kappa shape index (κ1) is 18.1. The van der Waals surface area contributed by atoms with Crippen LogP contribution in [-0.2, 0) is 11.3 Å². The largest absolute Gasteiger partial charge is 0.497 e. The maximum Gasteiger partial charge on any atom is 0.271 e. The predicted molar refractivity (Wildman–Crippen MR) is 93.0 cm³/mol. The van der Waals surface area contributed by atoms with Crippen LogP contribution in [0.2, 0.25) is 0 Å². The summed E-state index contributed by atoms with van der Waals surface area (Å²) >= 11 is 0. The third-order valence-electron chi connectivity index (χ3n) is 3.46. The average Bonchev–Trinajstić information content (AvgIpc) is 2.64. The Hall–Kier alpha value is -3.29. The van der Waals surface area contributed by atoms with E-state index in [0.29, 0.717) is 23.7 Å². The van der Waals surface area contributed by atoms with Gasteiger partial charge < -0.3 is 20.1 Å². The van der Waals surface area contributed by atoms with Gasteiger partial charge in [-0.2, -0.15) is 0 Å². The molecule has 0 saturated heterocycles. The highest BCUT2D eigenvalue weighted by Gasteiger charge is 2.12. The van der Waals surface area contributed by atoms with Crippen molar-refractivity contribution in [2.75, 3.05) is 26.1 Å². The molecule has 8 nitrogen and oxygen atoms in total. The molecule has 0 aromatic heterocycles. The second-order valence-corrected chi connectivity index (χ2v) is 5.12. The van der Waals surface area contributed by atoms with Gasteiger partial charge in [0.05, 0.1) is 31.4 Å². The first-order valence-electron chi connectivity index (χ1n) is 7.49. The highest BCUT2D eigenvalue weighted by Crippen LogP contribution is 2.28. The van der Waals surface area contributed by atoms with Gasteiger partial charge in [0.2, 0.25) is 5.91 Å². The van der Waals surface area contributed by atoms with E-state index in [1.54, 1.807) is 7.11 Å². The van der Waals surface area contributed by atoms with Crippen molar-refractivity contribution in [3.8, 4) is 11.5 Å². The Morgan fingerprint density at radius 2 is 1.96 bits per heavy atom. The molecule has 0 bridgehead atoms. The molecule has 0 aliphatic rings. The number of methoxy groups -OCH3 is 2. The topological polar surface area (TPSA) is 103 Å². The van der Waals surface area contributed by atoms with Crippen LogP contribution in [0.3, 0.4) is 0 Å². The second-order valence-electron chi connectivity index (χ2n) is 5.12. The van der Waals surface area contributed by atoms with Crippen molar-refractivity contribution in [2.24, 2.45) is 0 Å². The number of nitrogens with one attached hydrogen (secondary N) is 2. The number of nitro groups is 1. The first-order chi connectivity index (χ1) is 12.0. The summed E-state index contributed by atoms with van der Waals surface area (Å²) in [5, 5.41) is 16.5. The highest BCUT2D eigenvalue weighted by atomic mass is 16.6. The summed E-state index contributed by atoms with van der Waals surface area (Å²) in [6.07, 6.45) is 0. The van der Waals surface area contributed by atoms with Gasteiger partial charge in [-0.05, 0) is 23.8 Å². The molecule has 2 aromatic rings. The smallest absolute Gasteiger partial charge is 0.271 e. The van der Waals surface area contributed by atoms with Gasteiger partial charge in [0.15, 0.2) is 0 Å². The number of anilines is 1. The number of rotatable bonds is 8. The van der Waals surface area contributed by atoms with Gasteiger partial charge in [0.1, 0.15) is 11.5 Å². The Kier molecular flexibility index (Phi) is 6.16. The molecule has 2 aromatic carbocycles. The molecule has 2 rings (SSSR count). The number of nitro benzene ring substituents is 1. The van der Waals surface area contributed by atoms with Crippen LogP contribution in [0, 0.1) is 10.1 Å². The standard InChI is InChI=1S/C17H19N3O5/c1-24-14-5-3-4-12(8-14)10-19-17(21)11-18-15-9-13(20(22)23)6-7-16(15)25-2/h3-9,18H,10-11H2,1-2H3,(H,19,21). The first-order valence-corrected chi connectivity index (χ1v) is 7.49. The molecule has 0 atom stereocenters. The number of hydrogen-bond donors (Lipinski definition) is 2. The lowest BCUT2D eigenvalue weighted by atomic mass is 10.2. The molecule has 25 heavy (non-hydrogen) atoms. The normalized spacial score (nSPS) is 10.0. The molecule has 8 heteroatoms. The fourth-order valence-corrected chi connectivity index (χ4v) is 2.17. The van der Waals surface area contributed by atoms with Crippen molar-refractivity contribution in [3.63, 3.8) is 0 Å². The zero-order chi connectivity index (χ0) is 18.2. The van der Waals surface area contributed by atoms with Crippen molar-refractivity contribution in [3.05, 3.63) is 58.1 Å². The predicted octanol–water partition coefficient (Wildman–Crippen LogP) is 2.34. The number of nitrogens with zero attached hydrogens (tertiary/aromatic N) is 1. The fourth-order valence-electron chi connectivity index (χ4n) is 2.17. The summed E-state index contributed by atoms with van der Waals surface area (Å²) in [4.78, 5) is 22.3. The molecular weight excluding hydrogens is 326 g/mol. The van der Waals surface area contributed by atoms with E-state index in [1.807, 2.05) is 24.3 Å². The van der Waals surface area contributed by atoms with Crippen LogP contribution >= 0.6 is 0 Å². The minimum atomic E-state index is -0.506. The molecule has 0 heterocycles. The van der Waals surface area contributed by atoms with Crippen LogP contribution in [0.25, 0.3) is 0 Å². The van der Waals surface area contributed by atoms with E-state index in [0.717, 1.165) is 5.56 Å².